The van der Waals surface area contributed by atoms with Gasteiger partial charge in [0.2, 0.25) is 0 Å². The summed E-state index contributed by atoms with van der Waals surface area (Å²) >= 11 is 0. The molecule has 0 bridgehead atoms. The van der Waals surface area contributed by atoms with Crippen LogP contribution in [0.4, 0.5) is 0 Å². The van der Waals surface area contributed by atoms with E-state index in [1.807, 2.05) is 25.6 Å². The van der Waals surface area contributed by atoms with Gasteiger partial charge in [0, 0.05) is 55.0 Å². The Bertz CT molecular complexity index is 946. The van der Waals surface area contributed by atoms with E-state index in [1.54, 1.807) is 4.68 Å². The van der Waals surface area contributed by atoms with E-state index in [0.717, 1.165) is 53.6 Å². The van der Waals surface area contributed by atoms with Gasteiger partial charge < -0.3 is 4.90 Å². The normalized spacial score (nSPS) is 17.8. The van der Waals surface area contributed by atoms with E-state index in [0.29, 0.717) is 12.2 Å². The predicted octanol–water partition coefficient (Wildman–Crippen LogP) is 3.09. The van der Waals surface area contributed by atoms with Crippen LogP contribution >= 0.6 is 0 Å². The highest BCUT2D eigenvalue weighted by Gasteiger charge is 2.27. The van der Waals surface area contributed by atoms with Crippen LogP contribution in [0.3, 0.4) is 0 Å². The lowest BCUT2D eigenvalue weighted by Gasteiger charge is -2.12. The number of rotatable bonds is 5. The molecule has 0 radical (unpaired) electrons. The van der Waals surface area contributed by atoms with Gasteiger partial charge in [-0.1, -0.05) is 19.1 Å². The van der Waals surface area contributed by atoms with Crippen LogP contribution < -0.4 is 0 Å². The van der Waals surface area contributed by atoms with Crippen LogP contribution in [0.15, 0.2) is 42.9 Å². The van der Waals surface area contributed by atoms with E-state index < -0.39 is 0 Å². The quantitative estimate of drug-likeness (QED) is 0.711. The SMILES string of the molecule is CCN1CCC(C(=O)Cc2cc3cc(-c4cnn(C)c4)ccc3cn2)C1. The standard InChI is InChI=1S/C21H24N4O/c1-3-25-7-6-17(14-25)21(26)10-20-9-18-8-15(4-5-16(18)11-22-20)19-12-23-24(2)13-19/h4-5,8-9,11-13,17H,3,6-7,10,14H2,1-2H3. The number of nitrogens with zero attached hydrogens (tertiary/aromatic N) is 4. The fraction of sp³-hybridized carbons (Fsp3) is 0.381. The molecule has 3 heterocycles. The summed E-state index contributed by atoms with van der Waals surface area (Å²) in [5, 5.41) is 6.45. The van der Waals surface area contributed by atoms with Crippen molar-refractivity contribution in [1.82, 2.24) is 19.7 Å². The number of pyridine rings is 1. The molecule has 2 aromatic heterocycles. The Balaban J connectivity index is 1.55. The zero-order valence-electron chi connectivity index (χ0n) is 15.4. The Morgan fingerprint density at radius 2 is 2.08 bits per heavy atom. The van der Waals surface area contributed by atoms with Crippen molar-refractivity contribution in [3.05, 3.63) is 48.5 Å². The molecule has 1 atom stereocenters. The van der Waals surface area contributed by atoms with Crippen molar-refractivity contribution in [3.63, 3.8) is 0 Å². The Hall–Kier alpha value is -2.53. The Kier molecular flexibility index (Phi) is 4.55. The van der Waals surface area contributed by atoms with Crippen molar-refractivity contribution in [2.24, 2.45) is 13.0 Å². The third kappa shape index (κ3) is 3.40. The number of hydrogen-bond donors (Lipinski definition) is 0. The minimum absolute atomic E-state index is 0.161. The van der Waals surface area contributed by atoms with Crippen LogP contribution in [-0.2, 0) is 18.3 Å². The fourth-order valence-electron chi connectivity index (χ4n) is 3.74. The maximum absolute atomic E-state index is 12.6. The second-order valence-electron chi connectivity index (χ2n) is 7.16. The Morgan fingerprint density at radius 1 is 1.19 bits per heavy atom. The summed E-state index contributed by atoms with van der Waals surface area (Å²) in [6.07, 6.45) is 7.15. The van der Waals surface area contributed by atoms with E-state index in [9.17, 15) is 4.79 Å². The second-order valence-corrected chi connectivity index (χ2v) is 7.16. The second kappa shape index (κ2) is 7.00. The Morgan fingerprint density at radius 3 is 2.81 bits per heavy atom. The van der Waals surface area contributed by atoms with E-state index in [1.165, 1.54) is 0 Å². The van der Waals surface area contributed by atoms with Crippen LogP contribution in [0.25, 0.3) is 21.9 Å². The minimum atomic E-state index is 0.161. The van der Waals surface area contributed by atoms with Crippen molar-refractivity contribution < 1.29 is 4.79 Å². The van der Waals surface area contributed by atoms with E-state index in [-0.39, 0.29) is 5.92 Å². The third-order valence-electron chi connectivity index (χ3n) is 5.35. The summed E-state index contributed by atoms with van der Waals surface area (Å²) in [5.74, 6) is 0.477. The molecule has 1 aliphatic heterocycles. The molecule has 1 saturated heterocycles. The van der Waals surface area contributed by atoms with Crippen LogP contribution in [0.1, 0.15) is 19.0 Å². The smallest absolute Gasteiger partial charge is 0.143 e. The maximum Gasteiger partial charge on any atom is 0.143 e. The molecule has 4 rings (SSSR count). The predicted molar refractivity (Wildman–Crippen MR) is 103 cm³/mol. The molecule has 0 saturated carbocycles. The molecule has 0 N–H and O–H groups in total. The lowest BCUT2D eigenvalue weighted by Crippen LogP contribution is -2.24. The van der Waals surface area contributed by atoms with Gasteiger partial charge in [-0.15, -0.1) is 0 Å². The number of aromatic nitrogens is 3. The molecule has 26 heavy (non-hydrogen) atoms. The number of Topliss-reactive ketones (excluding diaryl/α,β-unsaturated/α-hetero) is 1. The number of likely N-dealkylation sites (tertiary alicyclic amines) is 1. The summed E-state index contributed by atoms with van der Waals surface area (Å²) in [4.78, 5) is 19.5. The molecule has 0 spiro atoms. The van der Waals surface area contributed by atoms with Gasteiger partial charge in [-0.05, 0) is 42.6 Å². The van der Waals surface area contributed by atoms with Crippen molar-refractivity contribution in [3.8, 4) is 11.1 Å². The molecule has 0 aliphatic carbocycles. The number of carbonyl (C=O) groups excluding carboxylic acids is 1. The first-order valence-electron chi connectivity index (χ1n) is 9.25. The lowest BCUT2D eigenvalue weighted by molar-refractivity contribution is -0.121. The van der Waals surface area contributed by atoms with Crippen LogP contribution in [-0.4, -0.2) is 45.1 Å². The molecule has 0 amide bonds. The molecule has 5 heteroatoms. The zero-order valence-corrected chi connectivity index (χ0v) is 15.4. The molecule has 5 nitrogen and oxygen atoms in total. The van der Waals surface area contributed by atoms with Crippen LogP contribution in [0.5, 0.6) is 0 Å². The molecule has 134 valence electrons. The van der Waals surface area contributed by atoms with E-state index in [4.69, 9.17) is 0 Å². The summed E-state index contributed by atoms with van der Waals surface area (Å²) in [7, 11) is 1.92. The first kappa shape index (κ1) is 16.9. The van der Waals surface area contributed by atoms with Crippen LogP contribution in [0.2, 0.25) is 0 Å². The molecule has 1 fully saturated rings. The molecular formula is C21H24N4O. The van der Waals surface area contributed by atoms with Gasteiger partial charge in [0.25, 0.3) is 0 Å². The zero-order chi connectivity index (χ0) is 18.1. The monoisotopic (exact) mass is 348 g/mol. The highest BCUT2D eigenvalue weighted by Crippen LogP contribution is 2.25. The molecular weight excluding hydrogens is 324 g/mol. The largest absolute Gasteiger partial charge is 0.303 e. The van der Waals surface area contributed by atoms with Gasteiger partial charge in [-0.2, -0.15) is 5.10 Å². The number of hydrogen-bond acceptors (Lipinski definition) is 4. The topological polar surface area (TPSA) is 51.0 Å². The first-order chi connectivity index (χ1) is 12.6. The van der Waals surface area contributed by atoms with Gasteiger partial charge in [0.05, 0.1) is 6.20 Å². The van der Waals surface area contributed by atoms with Gasteiger partial charge in [-0.25, -0.2) is 0 Å². The number of fused-ring (bicyclic) bond motifs is 1. The lowest BCUT2D eigenvalue weighted by atomic mass is 9.98. The number of carbonyl (C=O) groups is 1. The van der Waals surface area contributed by atoms with Crippen molar-refractivity contribution in [1.29, 1.82) is 0 Å². The average molecular weight is 348 g/mol. The number of benzene rings is 1. The third-order valence-corrected chi connectivity index (χ3v) is 5.35. The minimum Gasteiger partial charge on any atom is -0.303 e. The number of ketones is 1. The average Bonchev–Trinajstić information content (AvgIpc) is 3.30. The Labute approximate surface area is 153 Å². The fourth-order valence-corrected chi connectivity index (χ4v) is 3.74. The highest BCUT2D eigenvalue weighted by molar-refractivity contribution is 5.88. The van der Waals surface area contributed by atoms with Gasteiger partial charge in [0.1, 0.15) is 5.78 Å². The van der Waals surface area contributed by atoms with Crippen molar-refractivity contribution >= 4 is 16.6 Å². The molecule has 1 unspecified atom stereocenters. The number of aryl methyl sites for hydroxylation is 1. The first-order valence-corrected chi connectivity index (χ1v) is 9.25. The van der Waals surface area contributed by atoms with Gasteiger partial charge in [-0.3, -0.25) is 14.5 Å². The van der Waals surface area contributed by atoms with Crippen LogP contribution in [0, 0.1) is 5.92 Å². The molecule has 1 aromatic carbocycles. The maximum atomic E-state index is 12.6. The molecule has 1 aliphatic rings. The van der Waals surface area contributed by atoms with Crippen molar-refractivity contribution in [2.45, 2.75) is 19.8 Å². The molecule has 3 aromatic rings. The summed E-state index contributed by atoms with van der Waals surface area (Å²) in [6, 6.07) is 8.37. The summed E-state index contributed by atoms with van der Waals surface area (Å²) in [6.45, 7) is 5.10. The summed E-state index contributed by atoms with van der Waals surface area (Å²) in [5.41, 5.74) is 3.08. The van der Waals surface area contributed by atoms with E-state index >= 15 is 0 Å². The van der Waals surface area contributed by atoms with Crippen molar-refractivity contribution in [2.75, 3.05) is 19.6 Å². The highest BCUT2D eigenvalue weighted by atomic mass is 16.1. The van der Waals surface area contributed by atoms with Gasteiger partial charge >= 0.3 is 0 Å². The van der Waals surface area contributed by atoms with E-state index in [2.05, 4.69) is 46.2 Å². The summed E-state index contributed by atoms with van der Waals surface area (Å²) < 4.78 is 1.80. The van der Waals surface area contributed by atoms with Gasteiger partial charge in [0.15, 0.2) is 0 Å².